The van der Waals surface area contributed by atoms with Crippen molar-refractivity contribution in [1.29, 1.82) is 0 Å². The highest BCUT2D eigenvalue weighted by atomic mass is 16.5. The van der Waals surface area contributed by atoms with Crippen molar-refractivity contribution in [2.45, 2.75) is 130 Å². The van der Waals surface area contributed by atoms with Gasteiger partial charge in [-0.3, -0.25) is 4.79 Å². The number of carbonyl (C=O) groups excluding carboxylic acids is 1. The van der Waals surface area contributed by atoms with Gasteiger partial charge < -0.3 is 10.5 Å². The van der Waals surface area contributed by atoms with Crippen LogP contribution in [0.25, 0.3) is 0 Å². The van der Waals surface area contributed by atoms with Crippen molar-refractivity contribution in [3.8, 4) is 0 Å². The molecule has 0 amide bonds. The molecule has 0 saturated heterocycles. The van der Waals surface area contributed by atoms with E-state index >= 15 is 0 Å². The van der Waals surface area contributed by atoms with Crippen LogP contribution in [-0.2, 0) is 9.53 Å². The van der Waals surface area contributed by atoms with Crippen LogP contribution >= 0.6 is 0 Å². The minimum atomic E-state index is -0.285. The van der Waals surface area contributed by atoms with Crippen LogP contribution in [-0.4, -0.2) is 19.1 Å². The van der Waals surface area contributed by atoms with Gasteiger partial charge in [0.15, 0.2) is 0 Å². The molecule has 0 radical (unpaired) electrons. The minimum absolute atomic E-state index is 0.0346. The number of ether oxygens (including phenoxy) is 1. The first-order chi connectivity index (χ1) is 13.2. The van der Waals surface area contributed by atoms with Gasteiger partial charge in [-0.05, 0) is 19.3 Å². The molecule has 0 fully saturated rings. The van der Waals surface area contributed by atoms with Crippen LogP contribution in [0.2, 0.25) is 0 Å². The maximum atomic E-state index is 12.4. The normalized spacial score (nSPS) is 11.7. The van der Waals surface area contributed by atoms with E-state index in [1.54, 1.807) is 0 Å². The number of carbonyl (C=O) groups is 1. The van der Waals surface area contributed by atoms with E-state index in [9.17, 15) is 4.79 Å². The number of hydrogen-bond donors (Lipinski definition) is 1. The van der Waals surface area contributed by atoms with Crippen molar-refractivity contribution in [3.05, 3.63) is 0 Å². The van der Waals surface area contributed by atoms with E-state index in [2.05, 4.69) is 20.8 Å². The molecule has 0 atom stereocenters. The molecule has 162 valence electrons. The van der Waals surface area contributed by atoms with Gasteiger partial charge in [-0.2, -0.15) is 0 Å². The molecule has 0 aromatic rings. The predicted molar refractivity (Wildman–Crippen MR) is 118 cm³/mol. The van der Waals surface area contributed by atoms with E-state index < -0.39 is 0 Å². The zero-order chi connectivity index (χ0) is 20.2. The summed E-state index contributed by atoms with van der Waals surface area (Å²) in [5.41, 5.74) is 5.17. The fourth-order valence-corrected chi connectivity index (χ4v) is 3.96. The Kier molecular flexibility index (Phi) is 18.4. The lowest BCUT2D eigenvalue weighted by Crippen LogP contribution is -2.33. The molecule has 0 aromatic heterocycles. The molecule has 0 unspecified atom stereocenters. The fraction of sp³-hybridized carbons (Fsp3) is 0.958. The Hall–Kier alpha value is -0.570. The molecule has 0 rings (SSSR count). The SMILES string of the molecule is CCCCCCCCCCCCCCCCC(CC)(CC)C(=O)OCCN. The number of rotatable bonds is 20. The molecule has 0 aliphatic heterocycles. The molecule has 0 heterocycles. The number of nitrogens with two attached hydrogens (primary N) is 1. The maximum Gasteiger partial charge on any atom is 0.312 e. The predicted octanol–water partition coefficient (Wildman–Crippen LogP) is 7.17. The molecule has 27 heavy (non-hydrogen) atoms. The zero-order valence-corrected chi connectivity index (χ0v) is 18.8. The van der Waals surface area contributed by atoms with Crippen molar-refractivity contribution in [3.63, 3.8) is 0 Å². The first-order valence-electron chi connectivity index (χ1n) is 12.0. The van der Waals surface area contributed by atoms with Crippen LogP contribution in [0, 0.1) is 5.41 Å². The second-order valence-electron chi connectivity index (χ2n) is 8.26. The average Bonchev–Trinajstić information content (AvgIpc) is 2.69. The Bertz CT molecular complexity index is 326. The Balaban J connectivity index is 3.61. The van der Waals surface area contributed by atoms with Gasteiger partial charge in [-0.15, -0.1) is 0 Å². The van der Waals surface area contributed by atoms with Crippen molar-refractivity contribution in [2.75, 3.05) is 13.2 Å². The third-order valence-corrected chi connectivity index (χ3v) is 6.15. The number of esters is 1. The zero-order valence-electron chi connectivity index (χ0n) is 18.8. The van der Waals surface area contributed by atoms with Crippen molar-refractivity contribution < 1.29 is 9.53 Å². The van der Waals surface area contributed by atoms with E-state index in [1.165, 1.54) is 83.5 Å². The first kappa shape index (κ1) is 26.4. The van der Waals surface area contributed by atoms with E-state index in [0.717, 1.165) is 25.7 Å². The lowest BCUT2D eigenvalue weighted by molar-refractivity contribution is -0.156. The molecule has 2 N–H and O–H groups in total. The topological polar surface area (TPSA) is 52.3 Å². The summed E-state index contributed by atoms with van der Waals surface area (Å²) in [7, 11) is 0. The Morgan fingerprint density at radius 3 is 1.48 bits per heavy atom. The highest BCUT2D eigenvalue weighted by molar-refractivity contribution is 5.76. The van der Waals surface area contributed by atoms with Crippen LogP contribution in [0.5, 0.6) is 0 Å². The Morgan fingerprint density at radius 1 is 0.704 bits per heavy atom. The summed E-state index contributed by atoms with van der Waals surface area (Å²) in [6.07, 6.45) is 21.8. The van der Waals surface area contributed by atoms with Crippen LogP contribution in [0.15, 0.2) is 0 Å². The standard InChI is InChI=1S/C24H49NO2/c1-4-7-8-9-10-11-12-13-14-15-16-17-18-19-20-24(5-2,6-3)23(26)27-22-21-25/h4-22,25H2,1-3H3. The molecular weight excluding hydrogens is 334 g/mol. The highest BCUT2D eigenvalue weighted by Crippen LogP contribution is 2.34. The Morgan fingerprint density at radius 2 is 1.11 bits per heavy atom. The second-order valence-corrected chi connectivity index (χ2v) is 8.26. The smallest absolute Gasteiger partial charge is 0.312 e. The molecule has 0 saturated carbocycles. The van der Waals surface area contributed by atoms with Gasteiger partial charge >= 0.3 is 5.97 Å². The van der Waals surface area contributed by atoms with Crippen molar-refractivity contribution >= 4 is 5.97 Å². The van der Waals surface area contributed by atoms with Gasteiger partial charge in [0, 0.05) is 6.54 Å². The van der Waals surface area contributed by atoms with Crippen LogP contribution in [0.1, 0.15) is 130 Å². The maximum absolute atomic E-state index is 12.4. The van der Waals surface area contributed by atoms with E-state index in [4.69, 9.17) is 10.5 Å². The molecule has 0 aliphatic carbocycles. The molecule has 3 heteroatoms. The summed E-state index contributed by atoms with van der Waals surface area (Å²) in [6.45, 7) is 7.25. The van der Waals surface area contributed by atoms with Crippen LogP contribution in [0.3, 0.4) is 0 Å². The third-order valence-electron chi connectivity index (χ3n) is 6.15. The lowest BCUT2D eigenvalue weighted by Gasteiger charge is -2.29. The number of unbranched alkanes of at least 4 members (excludes halogenated alkanes) is 13. The summed E-state index contributed by atoms with van der Waals surface area (Å²) in [4.78, 5) is 12.4. The van der Waals surface area contributed by atoms with Gasteiger partial charge in [0.2, 0.25) is 0 Å². The van der Waals surface area contributed by atoms with Crippen LogP contribution < -0.4 is 5.73 Å². The van der Waals surface area contributed by atoms with Gasteiger partial charge in [0.05, 0.1) is 5.41 Å². The van der Waals surface area contributed by atoms with Gasteiger partial charge in [0.25, 0.3) is 0 Å². The minimum Gasteiger partial charge on any atom is -0.464 e. The van der Waals surface area contributed by atoms with Crippen LogP contribution in [0.4, 0.5) is 0 Å². The quantitative estimate of drug-likeness (QED) is 0.179. The lowest BCUT2D eigenvalue weighted by atomic mass is 9.77. The summed E-state index contributed by atoms with van der Waals surface area (Å²) in [6, 6.07) is 0. The van der Waals surface area contributed by atoms with Gasteiger partial charge in [-0.1, -0.05) is 111 Å². The molecule has 0 aliphatic rings. The van der Waals surface area contributed by atoms with Crippen molar-refractivity contribution in [1.82, 2.24) is 0 Å². The van der Waals surface area contributed by atoms with Gasteiger partial charge in [-0.25, -0.2) is 0 Å². The van der Waals surface area contributed by atoms with E-state index in [1.807, 2.05) is 0 Å². The molecule has 0 bridgehead atoms. The summed E-state index contributed by atoms with van der Waals surface area (Å²) in [5, 5.41) is 0. The molecular formula is C24H49NO2. The van der Waals surface area contributed by atoms with Gasteiger partial charge in [0.1, 0.15) is 6.61 Å². The first-order valence-corrected chi connectivity index (χ1v) is 12.0. The molecule has 0 spiro atoms. The second kappa shape index (κ2) is 18.8. The van der Waals surface area contributed by atoms with E-state index in [0.29, 0.717) is 13.2 Å². The highest BCUT2D eigenvalue weighted by Gasteiger charge is 2.35. The molecule has 3 nitrogen and oxygen atoms in total. The third kappa shape index (κ3) is 13.3. The fourth-order valence-electron chi connectivity index (χ4n) is 3.96. The van der Waals surface area contributed by atoms with E-state index in [-0.39, 0.29) is 11.4 Å². The number of hydrogen-bond acceptors (Lipinski definition) is 3. The monoisotopic (exact) mass is 383 g/mol. The van der Waals surface area contributed by atoms with Crippen molar-refractivity contribution in [2.24, 2.45) is 11.1 Å². The largest absolute Gasteiger partial charge is 0.464 e. The molecule has 0 aromatic carbocycles. The average molecular weight is 384 g/mol. The summed E-state index contributed by atoms with van der Waals surface area (Å²) >= 11 is 0. The Labute approximate surface area is 170 Å². The summed E-state index contributed by atoms with van der Waals surface area (Å²) < 4.78 is 5.34. The summed E-state index contributed by atoms with van der Waals surface area (Å²) in [5.74, 6) is -0.0346.